The molecular formula is C14H21IN6S. The van der Waals surface area contributed by atoms with Crippen molar-refractivity contribution >= 4 is 41.3 Å². The summed E-state index contributed by atoms with van der Waals surface area (Å²) in [5.74, 6) is 2.91. The average molecular weight is 432 g/mol. The van der Waals surface area contributed by atoms with Gasteiger partial charge in [0.1, 0.15) is 5.82 Å². The van der Waals surface area contributed by atoms with Crippen molar-refractivity contribution in [1.29, 1.82) is 0 Å². The second-order valence-corrected chi connectivity index (χ2v) is 5.75. The van der Waals surface area contributed by atoms with Gasteiger partial charge < -0.3 is 15.2 Å². The van der Waals surface area contributed by atoms with E-state index in [0.29, 0.717) is 13.1 Å². The summed E-state index contributed by atoms with van der Waals surface area (Å²) in [7, 11) is 0. The number of thiophene rings is 1. The Morgan fingerprint density at radius 1 is 1.41 bits per heavy atom. The van der Waals surface area contributed by atoms with E-state index in [0.717, 1.165) is 37.1 Å². The zero-order valence-electron chi connectivity index (χ0n) is 12.6. The maximum atomic E-state index is 4.59. The first kappa shape index (κ1) is 17.2. The van der Waals surface area contributed by atoms with Gasteiger partial charge >= 0.3 is 0 Å². The van der Waals surface area contributed by atoms with Crippen molar-refractivity contribution in [2.45, 2.75) is 39.4 Å². The third-order valence-corrected chi connectivity index (χ3v) is 4.18. The number of halogens is 1. The largest absolute Gasteiger partial charge is 0.357 e. The summed E-state index contributed by atoms with van der Waals surface area (Å²) in [5.41, 5.74) is 1.24. The number of guanidine groups is 1. The summed E-state index contributed by atoms with van der Waals surface area (Å²) >= 11 is 1.70. The van der Waals surface area contributed by atoms with E-state index in [1.807, 2.05) is 0 Å². The molecule has 22 heavy (non-hydrogen) atoms. The first-order chi connectivity index (χ1) is 10.4. The minimum Gasteiger partial charge on any atom is -0.357 e. The van der Waals surface area contributed by atoms with E-state index >= 15 is 0 Å². The van der Waals surface area contributed by atoms with E-state index in [9.17, 15) is 0 Å². The van der Waals surface area contributed by atoms with Crippen molar-refractivity contribution in [3.8, 4) is 0 Å². The zero-order valence-corrected chi connectivity index (χ0v) is 15.7. The number of rotatable bonds is 5. The lowest BCUT2D eigenvalue weighted by Crippen LogP contribution is -2.37. The number of aromatic nitrogens is 3. The molecule has 0 bridgehead atoms. The Hall–Kier alpha value is -1.16. The molecule has 6 nitrogen and oxygen atoms in total. The molecule has 0 saturated carbocycles. The van der Waals surface area contributed by atoms with E-state index in [1.54, 1.807) is 11.3 Å². The van der Waals surface area contributed by atoms with Gasteiger partial charge in [0.05, 0.1) is 13.1 Å². The van der Waals surface area contributed by atoms with Gasteiger partial charge in [-0.25, -0.2) is 4.99 Å². The molecule has 0 atom stereocenters. The molecular weight excluding hydrogens is 411 g/mol. The first-order valence-corrected chi connectivity index (χ1v) is 8.25. The predicted octanol–water partition coefficient (Wildman–Crippen LogP) is 2.16. The molecule has 0 saturated heterocycles. The van der Waals surface area contributed by atoms with Crippen LogP contribution in [-0.4, -0.2) is 27.3 Å². The zero-order chi connectivity index (χ0) is 14.5. The van der Waals surface area contributed by atoms with Gasteiger partial charge in [0.25, 0.3) is 0 Å². The topological polar surface area (TPSA) is 67.1 Å². The van der Waals surface area contributed by atoms with Crippen molar-refractivity contribution in [2.24, 2.45) is 4.99 Å². The minimum absolute atomic E-state index is 0. The highest BCUT2D eigenvalue weighted by atomic mass is 127. The quantitative estimate of drug-likeness (QED) is 0.432. The van der Waals surface area contributed by atoms with Crippen molar-refractivity contribution in [1.82, 2.24) is 25.4 Å². The standard InChI is InChI=1S/C14H20N6S.HI/c1-2-15-14(16-8-11-5-7-21-10-11)17-9-13-19-18-12-4-3-6-20(12)13;/h5,7,10H,2-4,6,8-9H2,1H3,(H2,15,16,17);1H. The lowest BCUT2D eigenvalue weighted by Gasteiger charge is -2.11. The Bertz CT molecular complexity index is 607. The fourth-order valence-electron chi connectivity index (χ4n) is 2.40. The third kappa shape index (κ3) is 4.19. The van der Waals surface area contributed by atoms with Gasteiger partial charge in [-0.05, 0) is 35.7 Å². The van der Waals surface area contributed by atoms with E-state index in [2.05, 4.69) is 54.1 Å². The normalized spacial score (nSPS) is 13.6. The van der Waals surface area contributed by atoms with Gasteiger partial charge in [0, 0.05) is 19.5 Å². The van der Waals surface area contributed by atoms with E-state index < -0.39 is 0 Å². The van der Waals surface area contributed by atoms with Gasteiger partial charge in [-0.2, -0.15) is 11.3 Å². The number of aryl methyl sites for hydroxylation is 1. The number of nitrogens with zero attached hydrogens (tertiary/aromatic N) is 4. The number of hydrogen-bond acceptors (Lipinski definition) is 4. The fourth-order valence-corrected chi connectivity index (χ4v) is 3.06. The van der Waals surface area contributed by atoms with Crippen molar-refractivity contribution in [3.63, 3.8) is 0 Å². The second kappa shape index (κ2) is 8.47. The molecule has 1 aliphatic heterocycles. The van der Waals surface area contributed by atoms with Crippen LogP contribution in [0.5, 0.6) is 0 Å². The van der Waals surface area contributed by atoms with Crippen LogP contribution in [0.2, 0.25) is 0 Å². The molecule has 0 radical (unpaired) electrons. The number of nitrogens with one attached hydrogen (secondary N) is 2. The van der Waals surface area contributed by atoms with E-state index in [4.69, 9.17) is 0 Å². The maximum Gasteiger partial charge on any atom is 0.191 e. The van der Waals surface area contributed by atoms with Crippen LogP contribution in [0, 0.1) is 0 Å². The lowest BCUT2D eigenvalue weighted by atomic mass is 10.3. The molecule has 3 rings (SSSR count). The molecule has 2 aromatic rings. The van der Waals surface area contributed by atoms with Crippen LogP contribution < -0.4 is 10.6 Å². The van der Waals surface area contributed by atoms with Gasteiger partial charge in [0.15, 0.2) is 11.8 Å². The van der Waals surface area contributed by atoms with E-state index in [-0.39, 0.29) is 24.0 Å². The molecule has 0 aliphatic carbocycles. The third-order valence-electron chi connectivity index (χ3n) is 3.44. The van der Waals surface area contributed by atoms with Gasteiger partial charge in [-0.1, -0.05) is 0 Å². The molecule has 0 fully saturated rings. The molecule has 3 heterocycles. The summed E-state index contributed by atoms with van der Waals surface area (Å²) in [6, 6.07) is 2.10. The van der Waals surface area contributed by atoms with Gasteiger partial charge in [-0.15, -0.1) is 34.2 Å². The van der Waals surface area contributed by atoms with E-state index in [1.165, 1.54) is 12.0 Å². The molecule has 2 N–H and O–H groups in total. The number of hydrogen-bond donors (Lipinski definition) is 2. The Morgan fingerprint density at radius 3 is 3.09 bits per heavy atom. The highest BCUT2D eigenvalue weighted by molar-refractivity contribution is 14.0. The Morgan fingerprint density at radius 2 is 2.32 bits per heavy atom. The lowest BCUT2D eigenvalue weighted by molar-refractivity contribution is 0.663. The van der Waals surface area contributed by atoms with Crippen LogP contribution in [0.15, 0.2) is 21.8 Å². The first-order valence-electron chi connectivity index (χ1n) is 7.31. The predicted molar refractivity (Wildman–Crippen MR) is 99.7 cm³/mol. The number of fused-ring (bicyclic) bond motifs is 1. The smallest absolute Gasteiger partial charge is 0.191 e. The molecule has 0 amide bonds. The van der Waals surface area contributed by atoms with Crippen LogP contribution in [0.4, 0.5) is 0 Å². The van der Waals surface area contributed by atoms with Crippen molar-refractivity contribution in [3.05, 3.63) is 34.0 Å². The monoisotopic (exact) mass is 432 g/mol. The summed E-state index contributed by atoms with van der Waals surface area (Å²) in [5, 5.41) is 19.3. The molecule has 8 heteroatoms. The summed E-state index contributed by atoms with van der Waals surface area (Å²) in [6.07, 6.45) is 2.21. The van der Waals surface area contributed by atoms with Gasteiger partial charge in [-0.3, -0.25) is 0 Å². The Balaban J connectivity index is 0.00000176. The van der Waals surface area contributed by atoms with Crippen LogP contribution >= 0.6 is 35.3 Å². The summed E-state index contributed by atoms with van der Waals surface area (Å²) in [6.45, 7) is 5.28. The maximum absolute atomic E-state index is 4.59. The molecule has 2 aromatic heterocycles. The fraction of sp³-hybridized carbons (Fsp3) is 0.500. The van der Waals surface area contributed by atoms with Crippen LogP contribution in [0.3, 0.4) is 0 Å². The van der Waals surface area contributed by atoms with Crippen molar-refractivity contribution < 1.29 is 0 Å². The SMILES string of the molecule is CCNC(=NCc1ccsc1)NCc1nnc2n1CCC2.I. The van der Waals surface area contributed by atoms with Gasteiger partial charge in [0.2, 0.25) is 0 Å². The highest BCUT2D eigenvalue weighted by Crippen LogP contribution is 2.13. The molecule has 120 valence electrons. The Labute approximate surface area is 151 Å². The Kier molecular flexibility index (Phi) is 6.62. The number of aliphatic imine (C=N–C) groups is 1. The minimum atomic E-state index is 0. The molecule has 0 aromatic carbocycles. The average Bonchev–Trinajstić information content (AvgIpc) is 3.19. The highest BCUT2D eigenvalue weighted by Gasteiger charge is 2.16. The van der Waals surface area contributed by atoms with Crippen molar-refractivity contribution in [2.75, 3.05) is 6.54 Å². The summed E-state index contributed by atoms with van der Waals surface area (Å²) < 4.78 is 2.20. The van der Waals surface area contributed by atoms with Crippen LogP contribution in [-0.2, 0) is 26.1 Å². The summed E-state index contributed by atoms with van der Waals surface area (Å²) in [4.78, 5) is 4.59. The second-order valence-electron chi connectivity index (χ2n) is 4.97. The molecule has 0 unspecified atom stereocenters. The van der Waals surface area contributed by atoms with Crippen LogP contribution in [0.1, 0.15) is 30.6 Å². The molecule has 0 spiro atoms. The molecule has 1 aliphatic rings. The van der Waals surface area contributed by atoms with Crippen LogP contribution in [0.25, 0.3) is 0 Å².